The average molecular weight is 242 g/mol. The molecule has 0 saturated heterocycles. The molecule has 1 fully saturated rings. The molecule has 0 aromatic carbocycles. The lowest BCUT2D eigenvalue weighted by Crippen LogP contribution is -1.98. The van der Waals surface area contributed by atoms with Gasteiger partial charge in [-0.05, 0) is 12.8 Å². The van der Waals surface area contributed by atoms with Gasteiger partial charge in [-0.3, -0.25) is 0 Å². The number of hydrogen-bond acceptors (Lipinski definition) is 4. The highest BCUT2D eigenvalue weighted by molar-refractivity contribution is 5.86. The third-order valence-electron chi connectivity index (χ3n) is 1.77. The van der Waals surface area contributed by atoms with Gasteiger partial charge in [-0.1, -0.05) is 32.9 Å². The molecule has 0 aromatic rings. The highest BCUT2D eigenvalue weighted by Crippen LogP contribution is 2.26. The maximum absolute atomic E-state index is 10.2. The van der Waals surface area contributed by atoms with Gasteiger partial charge in [0.15, 0.2) is 0 Å². The summed E-state index contributed by atoms with van der Waals surface area (Å²) in [5.74, 6) is 0.343. The van der Waals surface area contributed by atoms with Gasteiger partial charge in [0.2, 0.25) is 0 Å². The minimum Gasteiger partial charge on any atom is -0.466 e. The van der Waals surface area contributed by atoms with Crippen LogP contribution in [-0.4, -0.2) is 26.2 Å². The molecule has 0 N–H and O–H groups in total. The summed E-state index contributed by atoms with van der Waals surface area (Å²) >= 11 is 0. The first-order chi connectivity index (χ1) is 7.88. The van der Waals surface area contributed by atoms with Crippen LogP contribution in [0.1, 0.15) is 26.7 Å². The Morgan fingerprint density at radius 3 is 1.65 bits per heavy atom. The van der Waals surface area contributed by atoms with Crippen LogP contribution in [0.4, 0.5) is 0 Å². The van der Waals surface area contributed by atoms with Gasteiger partial charge >= 0.3 is 11.9 Å². The van der Waals surface area contributed by atoms with E-state index in [0.29, 0.717) is 5.57 Å². The summed E-state index contributed by atoms with van der Waals surface area (Å²) in [6.45, 7) is 10.4. The number of carbonyl (C=O) groups is 2. The zero-order valence-corrected chi connectivity index (χ0v) is 11.1. The third-order valence-corrected chi connectivity index (χ3v) is 1.77. The van der Waals surface area contributed by atoms with E-state index in [1.165, 1.54) is 27.1 Å². The van der Waals surface area contributed by atoms with Crippen LogP contribution in [0.3, 0.4) is 0 Å². The summed E-state index contributed by atoms with van der Waals surface area (Å²) in [6, 6.07) is 0. The van der Waals surface area contributed by atoms with Gasteiger partial charge in [0.1, 0.15) is 0 Å². The molecule has 4 nitrogen and oxygen atoms in total. The smallest absolute Gasteiger partial charge is 0.332 e. The minimum absolute atomic E-state index is 0.347. The van der Waals surface area contributed by atoms with E-state index in [1.807, 2.05) is 0 Å². The molecule has 0 radical (unpaired) electrons. The number of hydrogen-bond donors (Lipinski definition) is 0. The fourth-order valence-electron chi connectivity index (χ4n) is 0.424. The molecule has 0 unspecified atom stereocenters. The summed E-state index contributed by atoms with van der Waals surface area (Å²) in [6.07, 6.45) is 4.08. The fraction of sp³-hybridized carbons (Fsp3) is 0.538. The Labute approximate surface area is 103 Å². The summed E-state index contributed by atoms with van der Waals surface area (Å²) < 4.78 is 8.42. The Balaban J connectivity index is 0. The molecular weight excluding hydrogens is 220 g/mol. The molecule has 0 amide bonds. The van der Waals surface area contributed by atoms with Crippen LogP contribution >= 0.6 is 0 Å². The Morgan fingerprint density at radius 1 is 1.24 bits per heavy atom. The van der Waals surface area contributed by atoms with E-state index in [0.717, 1.165) is 12.0 Å². The quantitative estimate of drug-likeness (QED) is 0.551. The molecule has 1 aliphatic rings. The largest absolute Gasteiger partial charge is 0.466 e. The molecule has 0 bridgehead atoms. The van der Waals surface area contributed by atoms with Crippen molar-refractivity contribution in [1.82, 2.24) is 0 Å². The zero-order chi connectivity index (χ0) is 13.8. The van der Waals surface area contributed by atoms with Crippen molar-refractivity contribution < 1.29 is 19.1 Å². The normalized spacial score (nSPS) is 11.8. The highest BCUT2D eigenvalue weighted by atomic mass is 16.5. The molecule has 4 heteroatoms. The monoisotopic (exact) mass is 242 g/mol. The first-order valence-corrected chi connectivity index (χ1v) is 5.33. The molecule has 0 atom stereocenters. The van der Waals surface area contributed by atoms with E-state index in [-0.39, 0.29) is 5.97 Å². The van der Waals surface area contributed by atoms with Crippen molar-refractivity contribution in [3.05, 3.63) is 24.8 Å². The SMILES string of the molecule is C=C(C)C(=O)OC.C=CC(=O)OC.CC1CC1. The lowest BCUT2D eigenvalue weighted by atomic mass is 10.4. The van der Waals surface area contributed by atoms with Gasteiger partial charge in [0.25, 0.3) is 0 Å². The van der Waals surface area contributed by atoms with Crippen molar-refractivity contribution in [3.8, 4) is 0 Å². The van der Waals surface area contributed by atoms with E-state index in [9.17, 15) is 9.59 Å². The maximum Gasteiger partial charge on any atom is 0.332 e. The summed E-state index contributed by atoms with van der Waals surface area (Å²) in [7, 11) is 2.64. The summed E-state index contributed by atoms with van der Waals surface area (Å²) in [5.41, 5.74) is 0.433. The minimum atomic E-state index is -0.394. The lowest BCUT2D eigenvalue weighted by Gasteiger charge is -1.91. The van der Waals surface area contributed by atoms with Crippen molar-refractivity contribution in [1.29, 1.82) is 0 Å². The van der Waals surface area contributed by atoms with Crippen LogP contribution in [-0.2, 0) is 19.1 Å². The standard InChI is InChI=1S/C5H8O2.C4H6O2.C4H8/c1-4(2)5(6)7-3;1-3-4(5)6-2;1-4-2-3-4/h1H2,2-3H3;3H,1H2,2H3;4H,2-3H2,1H3. The van der Waals surface area contributed by atoms with Crippen molar-refractivity contribution in [2.45, 2.75) is 26.7 Å². The first kappa shape index (κ1) is 17.8. The van der Waals surface area contributed by atoms with Gasteiger partial charge in [0.05, 0.1) is 14.2 Å². The Morgan fingerprint density at radius 2 is 1.65 bits per heavy atom. The molecule has 0 heterocycles. The van der Waals surface area contributed by atoms with Crippen LogP contribution in [0, 0.1) is 5.92 Å². The number of carbonyl (C=O) groups excluding carboxylic acids is 2. The van der Waals surface area contributed by atoms with Gasteiger partial charge in [-0.25, -0.2) is 9.59 Å². The fourth-order valence-corrected chi connectivity index (χ4v) is 0.424. The molecule has 17 heavy (non-hydrogen) atoms. The molecule has 0 aromatic heterocycles. The van der Waals surface area contributed by atoms with Gasteiger partial charge in [-0.15, -0.1) is 0 Å². The van der Waals surface area contributed by atoms with Crippen LogP contribution in [0.15, 0.2) is 24.8 Å². The summed E-state index contributed by atoms with van der Waals surface area (Å²) in [5, 5.41) is 0. The summed E-state index contributed by atoms with van der Waals surface area (Å²) in [4.78, 5) is 20.0. The predicted molar refractivity (Wildman–Crippen MR) is 67.4 cm³/mol. The number of ether oxygens (including phenoxy) is 2. The van der Waals surface area contributed by atoms with E-state index in [4.69, 9.17) is 0 Å². The average Bonchev–Trinajstić information content (AvgIpc) is 3.10. The topological polar surface area (TPSA) is 52.6 Å². The van der Waals surface area contributed by atoms with Crippen LogP contribution < -0.4 is 0 Å². The zero-order valence-electron chi connectivity index (χ0n) is 11.1. The first-order valence-electron chi connectivity index (χ1n) is 5.33. The second kappa shape index (κ2) is 10.9. The molecule has 0 spiro atoms. The van der Waals surface area contributed by atoms with Crippen molar-refractivity contribution in [2.75, 3.05) is 14.2 Å². The highest BCUT2D eigenvalue weighted by Gasteiger charge is 2.12. The van der Waals surface area contributed by atoms with Crippen molar-refractivity contribution in [3.63, 3.8) is 0 Å². The number of esters is 2. The Hall–Kier alpha value is -1.58. The molecule has 1 aliphatic carbocycles. The van der Waals surface area contributed by atoms with E-state index in [2.05, 4.69) is 29.6 Å². The Bertz CT molecular complexity index is 265. The van der Waals surface area contributed by atoms with Crippen LogP contribution in [0.5, 0.6) is 0 Å². The number of rotatable bonds is 2. The van der Waals surface area contributed by atoms with Crippen LogP contribution in [0.25, 0.3) is 0 Å². The molecule has 98 valence electrons. The van der Waals surface area contributed by atoms with Gasteiger partial charge in [-0.2, -0.15) is 0 Å². The van der Waals surface area contributed by atoms with Gasteiger partial charge < -0.3 is 9.47 Å². The molecular formula is C13H22O4. The third kappa shape index (κ3) is 17.1. The molecule has 1 saturated carbocycles. The molecule has 1 rings (SSSR count). The predicted octanol–water partition coefficient (Wildman–Crippen LogP) is 2.50. The van der Waals surface area contributed by atoms with Crippen molar-refractivity contribution in [2.24, 2.45) is 5.92 Å². The Kier molecular flexibility index (Phi) is 11.4. The van der Waals surface area contributed by atoms with Crippen molar-refractivity contribution >= 4 is 11.9 Å². The second-order valence-corrected chi connectivity index (χ2v) is 3.68. The second-order valence-electron chi connectivity index (χ2n) is 3.68. The van der Waals surface area contributed by atoms with Crippen LogP contribution in [0.2, 0.25) is 0 Å². The van der Waals surface area contributed by atoms with E-state index in [1.54, 1.807) is 6.92 Å². The van der Waals surface area contributed by atoms with E-state index >= 15 is 0 Å². The lowest BCUT2D eigenvalue weighted by molar-refractivity contribution is -0.136. The maximum atomic E-state index is 10.2. The molecule has 0 aliphatic heterocycles. The van der Waals surface area contributed by atoms with E-state index < -0.39 is 5.97 Å². The van der Waals surface area contributed by atoms with Gasteiger partial charge in [0, 0.05) is 11.6 Å². The number of methoxy groups -OCH3 is 2.